The van der Waals surface area contributed by atoms with Gasteiger partial charge in [-0.2, -0.15) is 0 Å². The molecule has 4 nitrogen and oxygen atoms in total. The molecule has 0 aromatic heterocycles. The molecule has 0 aliphatic carbocycles. The summed E-state index contributed by atoms with van der Waals surface area (Å²) in [6.45, 7) is 5.18. The van der Waals surface area contributed by atoms with Crippen LogP contribution in [0.5, 0.6) is 0 Å². The lowest BCUT2D eigenvalue weighted by Crippen LogP contribution is -2.48. The highest BCUT2D eigenvalue weighted by Gasteiger charge is 2.30. The molecule has 2 rings (SSSR count). The Hall–Kier alpha value is -1.55. The maximum absolute atomic E-state index is 11.9. The van der Waals surface area contributed by atoms with Crippen LogP contribution in [0.1, 0.15) is 38.7 Å². The summed E-state index contributed by atoms with van der Waals surface area (Å²) in [6.07, 6.45) is 3.05. The van der Waals surface area contributed by atoms with Crippen LogP contribution < -0.4 is 5.32 Å². The standard InChI is InChI=1S/C17H25NO3/c1-3-14-10-15(4-2)20-12-16(14)18-17(19)21-11-13-8-6-5-7-9-13/h5-9,14-16H,3-4,10-12H2,1-2H3,(H,18,19). The van der Waals surface area contributed by atoms with Crippen LogP contribution in [0.3, 0.4) is 0 Å². The van der Waals surface area contributed by atoms with Crippen LogP contribution >= 0.6 is 0 Å². The molecule has 21 heavy (non-hydrogen) atoms. The predicted molar refractivity (Wildman–Crippen MR) is 82.0 cm³/mol. The molecule has 1 heterocycles. The summed E-state index contributed by atoms with van der Waals surface area (Å²) in [5, 5.41) is 2.95. The lowest BCUT2D eigenvalue weighted by molar-refractivity contribution is -0.0325. The molecular weight excluding hydrogens is 266 g/mol. The largest absolute Gasteiger partial charge is 0.445 e. The van der Waals surface area contributed by atoms with Crippen LogP contribution in [-0.4, -0.2) is 24.8 Å². The van der Waals surface area contributed by atoms with Crippen LogP contribution in [0.2, 0.25) is 0 Å². The Balaban J connectivity index is 1.79. The summed E-state index contributed by atoms with van der Waals surface area (Å²) < 4.78 is 11.0. The number of benzene rings is 1. The number of nitrogens with one attached hydrogen (secondary N) is 1. The second-order valence-corrected chi connectivity index (χ2v) is 5.58. The second kappa shape index (κ2) is 8.03. The predicted octanol–water partition coefficient (Wildman–Crippen LogP) is 3.51. The van der Waals surface area contributed by atoms with Gasteiger partial charge in [-0.1, -0.05) is 50.6 Å². The van der Waals surface area contributed by atoms with Crippen LogP contribution in [0.25, 0.3) is 0 Å². The van der Waals surface area contributed by atoms with Gasteiger partial charge in [0.2, 0.25) is 0 Å². The van der Waals surface area contributed by atoms with Gasteiger partial charge in [0.25, 0.3) is 0 Å². The van der Waals surface area contributed by atoms with Gasteiger partial charge in [-0.3, -0.25) is 0 Å². The minimum Gasteiger partial charge on any atom is -0.445 e. The van der Waals surface area contributed by atoms with Crippen LogP contribution in [0.15, 0.2) is 30.3 Å². The van der Waals surface area contributed by atoms with E-state index in [1.54, 1.807) is 0 Å². The van der Waals surface area contributed by atoms with Crippen molar-refractivity contribution in [1.82, 2.24) is 5.32 Å². The number of carbonyl (C=O) groups excluding carboxylic acids is 1. The molecule has 1 aromatic carbocycles. The first-order valence-electron chi connectivity index (χ1n) is 7.81. The van der Waals surface area contributed by atoms with Crippen molar-refractivity contribution in [3.8, 4) is 0 Å². The molecule has 1 aliphatic heterocycles. The molecule has 1 amide bonds. The third kappa shape index (κ3) is 4.74. The van der Waals surface area contributed by atoms with E-state index in [9.17, 15) is 4.79 Å². The van der Waals surface area contributed by atoms with Gasteiger partial charge in [-0.25, -0.2) is 4.79 Å². The monoisotopic (exact) mass is 291 g/mol. The number of carbonyl (C=O) groups is 1. The van der Waals surface area contributed by atoms with Gasteiger partial charge in [0.15, 0.2) is 0 Å². The molecule has 0 saturated carbocycles. The van der Waals surface area contributed by atoms with E-state index in [2.05, 4.69) is 19.2 Å². The highest BCUT2D eigenvalue weighted by atomic mass is 16.5. The minimum atomic E-state index is -0.360. The Morgan fingerprint density at radius 2 is 2.05 bits per heavy atom. The molecule has 1 fully saturated rings. The van der Waals surface area contributed by atoms with Crippen molar-refractivity contribution in [2.24, 2.45) is 5.92 Å². The van der Waals surface area contributed by atoms with Gasteiger partial charge >= 0.3 is 6.09 Å². The van der Waals surface area contributed by atoms with Crippen LogP contribution in [0.4, 0.5) is 4.79 Å². The van der Waals surface area contributed by atoms with E-state index in [-0.39, 0.29) is 12.1 Å². The summed E-state index contributed by atoms with van der Waals surface area (Å²) in [5.41, 5.74) is 0.991. The average molecular weight is 291 g/mol. The van der Waals surface area contributed by atoms with E-state index >= 15 is 0 Å². The van der Waals surface area contributed by atoms with Crippen molar-refractivity contribution >= 4 is 6.09 Å². The zero-order valence-corrected chi connectivity index (χ0v) is 12.9. The smallest absolute Gasteiger partial charge is 0.407 e. The Morgan fingerprint density at radius 1 is 1.29 bits per heavy atom. The maximum Gasteiger partial charge on any atom is 0.407 e. The summed E-state index contributed by atoms with van der Waals surface area (Å²) in [4.78, 5) is 11.9. The van der Waals surface area contributed by atoms with Gasteiger partial charge < -0.3 is 14.8 Å². The first kappa shape index (κ1) is 15.8. The van der Waals surface area contributed by atoms with E-state index in [0.717, 1.165) is 24.8 Å². The molecule has 3 unspecified atom stereocenters. The average Bonchev–Trinajstić information content (AvgIpc) is 2.54. The zero-order chi connectivity index (χ0) is 15.1. The van der Waals surface area contributed by atoms with Gasteiger partial charge in [0.05, 0.1) is 18.8 Å². The molecule has 3 atom stereocenters. The molecule has 1 saturated heterocycles. The highest BCUT2D eigenvalue weighted by molar-refractivity contribution is 5.67. The third-order valence-corrected chi connectivity index (χ3v) is 4.14. The van der Waals surface area contributed by atoms with Crippen molar-refractivity contribution in [1.29, 1.82) is 0 Å². The molecule has 4 heteroatoms. The van der Waals surface area contributed by atoms with E-state index in [0.29, 0.717) is 25.2 Å². The molecule has 116 valence electrons. The van der Waals surface area contributed by atoms with Gasteiger partial charge in [0.1, 0.15) is 6.61 Å². The van der Waals surface area contributed by atoms with E-state index in [4.69, 9.17) is 9.47 Å². The normalized spacial score (nSPS) is 25.3. The summed E-state index contributed by atoms with van der Waals surface area (Å²) >= 11 is 0. The molecule has 1 N–H and O–H groups in total. The molecule has 0 bridgehead atoms. The first-order valence-corrected chi connectivity index (χ1v) is 7.81. The summed E-state index contributed by atoms with van der Waals surface area (Å²) in [5.74, 6) is 0.466. The van der Waals surface area contributed by atoms with E-state index in [1.807, 2.05) is 30.3 Å². The second-order valence-electron chi connectivity index (χ2n) is 5.58. The van der Waals surface area contributed by atoms with Crippen molar-refractivity contribution in [3.05, 3.63) is 35.9 Å². The number of alkyl carbamates (subject to hydrolysis) is 1. The fraction of sp³-hybridized carbons (Fsp3) is 0.588. The number of hydrogen-bond donors (Lipinski definition) is 1. The number of rotatable bonds is 5. The van der Waals surface area contributed by atoms with Crippen LogP contribution in [-0.2, 0) is 16.1 Å². The number of amides is 1. The fourth-order valence-corrected chi connectivity index (χ4v) is 2.76. The SMILES string of the molecule is CCC1CC(CC)C(NC(=O)OCc2ccccc2)CO1. The van der Waals surface area contributed by atoms with Gasteiger partial charge in [0, 0.05) is 0 Å². The zero-order valence-electron chi connectivity index (χ0n) is 12.9. The quantitative estimate of drug-likeness (QED) is 0.903. The van der Waals surface area contributed by atoms with E-state index < -0.39 is 0 Å². The summed E-state index contributed by atoms with van der Waals surface area (Å²) in [6, 6.07) is 9.75. The van der Waals surface area contributed by atoms with Gasteiger partial charge in [-0.15, -0.1) is 0 Å². The third-order valence-electron chi connectivity index (χ3n) is 4.14. The molecule has 0 radical (unpaired) electrons. The molecular formula is C17H25NO3. The Bertz CT molecular complexity index is 435. The molecule has 1 aliphatic rings. The van der Waals surface area contributed by atoms with Crippen molar-refractivity contribution in [3.63, 3.8) is 0 Å². The Morgan fingerprint density at radius 3 is 2.71 bits per heavy atom. The minimum absolute atomic E-state index is 0.0565. The number of hydrogen-bond acceptors (Lipinski definition) is 3. The maximum atomic E-state index is 11.9. The van der Waals surface area contributed by atoms with E-state index in [1.165, 1.54) is 0 Å². The lowest BCUT2D eigenvalue weighted by atomic mass is 9.88. The Labute approximate surface area is 126 Å². The molecule has 1 aromatic rings. The van der Waals surface area contributed by atoms with Gasteiger partial charge in [-0.05, 0) is 24.3 Å². The Kier molecular flexibility index (Phi) is 6.05. The fourth-order valence-electron chi connectivity index (χ4n) is 2.76. The van der Waals surface area contributed by atoms with Crippen molar-refractivity contribution in [2.75, 3.05) is 6.61 Å². The number of ether oxygens (including phenoxy) is 2. The lowest BCUT2D eigenvalue weighted by Gasteiger charge is -2.35. The first-order chi connectivity index (χ1) is 10.2. The highest BCUT2D eigenvalue weighted by Crippen LogP contribution is 2.25. The molecule has 0 spiro atoms. The van der Waals surface area contributed by atoms with Crippen molar-refractivity contribution in [2.45, 2.75) is 51.9 Å². The van der Waals surface area contributed by atoms with Crippen molar-refractivity contribution < 1.29 is 14.3 Å². The topological polar surface area (TPSA) is 47.6 Å². The summed E-state index contributed by atoms with van der Waals surface area (Å²) in [7, 11) is 0. The van der Waals surface area contributed by atoms with Crippen LogP contribution in [0, 0.1) is 5.92 Å².